The number of hydrogen-bond donors (Lipinski definition) is 1. The van der Waals surface area contributed by atoms with Crippen LogP contribution in [0.2, 0.25) is 5.15 Å². The van der Waals surface area contributed by atoms with Gasteiger partial charge in [-0.15, -0.1) is 0 Å². The van der Waals surface area contributed by atoms with E-state index in [4.69, 9.17) is 20.8 Å². The molecule has 4 aromatic rings. The minimum atomic E-state index is -5.65. The summed E-state index contributed by atoms with van der Waals surface area (Å²) in [6.45, 7) is 3.94. The van der Waals surface area contributed by atoms with Crippen LogP contribution in [-0.2, 0) is 27.7 Å². The van der Waals surface area contributed by atoms with Gasteiger partial charge >= 0.3 is 21.5 Å². The fourth-order valence-corrected chi connectivity index (χ4v) is 5.31. The van der Waals surface area contributed by atoms with Crippen LogP contribution in [0.4, 0.5) is 18.9 Å². The lowest BCUT2D eigenvalue weighted by molar-refractivity contribution is -0.0429. The Balaban J connectivity index is 1.76. The van der Waals surface area contributed by atoms with E-state index >= 15 is 0 Å². The van der Waals surface area contributed by atoms with E-state index < -0.39 is 21.5 Å². The van der Waals surface area contributed by atoms with Gasteiger partial charge in [0.1, 0.15) is 11.4 Å². The van der Waals surface area contributed by atoms with Crippen LogP contribution in [0.25, 0.3) is 22.3 Å². The summed E-state index contributed by atoms with van der Waals surface area (Å²) in [4.78, 5) is 16.8. The number of anilines is 1. The molecule has 2 aromatic carbocycles. The highest BCUT2D eigenvalue weighted by molar-refractivity contribution is 9.10. The summed E-state index contributed by atoms with van der Waals surface area (Å²) in [6.07, 6.45) is 0.505. The summed E-state index contributed by atoms with van der Waals surface area (Å²) < 4.78 is 77.0. The molecular formula is C24H20BrClF3N3O5S. The number of furan rings is 1. The van der Waals surface area contributed by atoms with Crippen LogP contribution < -0.4 is 4.72 Å². The molecule has 1 N–H and O–H groups in total. The number of para-hydroxylation sites is 1. The lowest BCUT2D eigenvalue weighted by atomic mass is 10.1. The quantitative estimate of drug-likeness (QED) is 0.215. The molecule has 2 heterocycles. The molecule has 2 aromatic heterocycles. The molecule has 0 aliphatic heterocycles. The zero-order chi connectivity index (χ0) is 27.8. The summed E-state index contributed by atoms with van der Waals surface area (Å²) in [5.41, 5.74) is -4.42. The third-order valence-electron chi connectivity index (χ3n) is 5.54. The molecule has 0 saturated heterocycles. The van der Waals surface area contributed by atoms with Crippen molar-refractivity contribution in [1.82, 2.24) is 9.55 Å². The molecular weight excluding hydrogens is 615 g/mol. The van der Waals surface area contributed by atoms with Crippen molar-refractivity contribution in [2.75, 3.05) is 11.3 Å². The zero-order valence-corrected chi connectivity index (χ0v) is 23.1. The summed E-state index contributed by atoms with van der Waals surface area (Å²) in [7, 11) is -5.65. The average Bonchev–Trinajstić information content (AvgIpc) is 3.34. The van der Waals surface area contributed by atoms with Crippen LogP contribution in [-0.4, -0.2) is 36.1 Å². The van der Waals surface area contributed by atoms with E-state index in [9.17, 15) is 26.4 Å². The number of carbonyl (C=O) groups excluding carboxylic acids is 1. The maximum Gasteiger partial charge on any atom is 0.516 e. The van der Waals surface area contributed by atoms with Crippen molar-refractivity contribution in [1.29, 1.82) is 0 Å². The van der Waals surface area contributed by atoms with E-state index in [-0.39, 0.29) is 41.0 Å². The first-order chi connectivity index (χ1) is 17.9. The Morgan fingerprint density at radius 2 is 1.92 bits per heavy atom. The van der Waals surface area contributed by atoms with Gasteiger partial charge in [0.15, 0.2) is 16.6 Å². The number of carbonyl (C=O) groups is 1. The predicted octanol–water partition coefficient (Wildman–Crippen LogP) is 6.76. The second-order valence-corrected chi connectivity index (χ2v) is 10.8. The van der Waals surface area contributed by atoms with Crippen LogP contribution in [0, 0.1) is 0 Å². The van der Waals surface area contributed by atoms with Gasteiger partial charge in [0.2, 0.25) is 0 Å². The molecule has 0 amide bonds. The number of benzene rings is 2. The Bertz CT molecular complexity index is 1630. The van der Waals surface area contributed by atoms with Crippen molar-refractivity contribution in [3.63, 3.8) is 0 Å². The van der Waals surface area contributed by atoms with Gasteiger partial charge in [-0.05, 0) is 52.7 Å². The van der Waals surface area contributed by atoms with Crippen molar-refractivity contribution in [3.8, 4) is 11.3 Å². The van der Waals surface area contributed by atoms with Crippen LogP contribution >= 0.6 is 27.5 Å². The first-order valence-corrected chi connectivity index (χ1v) is 13.8. The van der Waals surface area contributed by atoms with Crippen LogP contribution in [0.5, 0.6) is 0 Å². The van der Waals surface area contributed by atoms with E-state index in [1.54, 1.807) is 34.4 Å². The minimum Gasteiger partial charge on any atom is -0.461 e. The first-order valence-electron chi connectivity index (χ1n) is 11.2. The van der Waals surface area contributed by atoms with Gasteiger partial charge in [-0.25, -0.2) is 9.78 Å². The van der Waals surface area contributed by atoms with Crippen molar-refractivity contribution in [2.45, 2.75) is 32.3 Å². The molecule has 0 spiro atoms. The Kier molecular flexibility index (Phi) is 7.82. The van der Waals surface area contributed by atoms with Gasteiger partial charge in [-0.2, -0.15) is 21.6 Å². The van der Waals surface area contributed by atoms with E-state index in [0.717, 1.165) is 5.56 Å². The molecule has 4 rings (SSSR count). The van der Waals surface area contributed by atoms with Gasteiger partial charge in [-0.1, -0.05) is 36.7 Å². The highest BCUT2D eigenvalue weighted by Gasteiger charge is 2.46. The van der Waals surface area contributed by atoms with E-state index in [1.807, 2.05) is 6.92 Å². The maximum atomic E-state index is 13.0. The van der Waals surface area contributed by atoms with Gasteiger partial charge in [0.05, 0.1) is 16.8 Å². The Hall–Kier alpha value is -3.03. The van der Waals surface area contributed by atoms with E-state index in [2.05, 4.69) is 20.9 Å². The lowest BCUT2D eigenvalue weighted by Gasteiger charge is -2.13. The van der Waals surface area contributed by atoms with Gasteiger partial charge in [0, 0.05) is 23.9 Å². The molecule has 0 aliphatic rings. The molecule has 202 valence electrons. The average molecular weight is 635 g/mol. The van der Waals surface area contributed by atoms with Crippen molar-refractivity contribution < 1.29 is 35.5 Å². The number of hydrogen-bond acceptors (Lipinski definition) is 6. The zero-order valence-electron chi connectivity index (χ0n) is 19.9. The molecule has 0 radical (unpaired) electrons. The van der Waals surface area contributed by atoms with Gasteiger partial charge < -0.3 is 13.7 Å². The summed E-state index contributed by atoms with van der Waals surface area (Å²) in [5.74, 6) is 0.108. The third-order valence-corrected chi connectivity index (χ3v) is 7.69. The smallest absolute Gasteiger partial charge is 0.461 e. The number of halogens is 5. The summed E-state index contributed by atoms with van der Waals surface area (Å²) in [5, 5.41) is 0.610. The number of imidazole rings is 1. The molecule has 38 heavy (non-hydrogen) atoms. The molecule has 0 atom stereocenters. The second-order valence-electron chi connectivity index (χ2n) is 8.00. The van der Waals surface area contributed by atoms with Crippen molar-refractivity contribution in [2.24, 2.45) is 0 Å². The molecule has 0 fully saturated rings. The predicted molar refractivity (Wildman–Crippen MR) is 140 cm³/mol. The number of fused-ring (bicyclic) bond motifs is 1. The normalized spacial score (nSPS) is 12.2. The number of sulfonamides is 1. The minimum absolute atomic E-state index is 0.0334. The van der Waals surface area contributed by atoms with Crippen LogP contribution in [0.15, 0.2) is 51.4 Å². The molecule has 0 aliphatic carbocycles. The monoisotopic (exact) mass is 633 g/mol. The summed E-state index contributed by atoms with van der Waals surface area (Å²) in [6, 6.07) is 10.8. The fourth-order valence-electron chi connectivity index (χ4n) is 3.84. The number of aromatic nitrogens is 2. The Morgan fingerprint density at radius 3 is 2.58 bits per heavy atom. The SMILES string of the molecule is CCOC(=O)c1c(Cl)nc(CC)n1Cc1ccc2oc(-c3ccccc3NS(=O)(=O)C(F)(F)F)c(Br)c2c1. The standard InChI is InChI=1S/C24H20BrClF3N3O5S/c1-3-18-30-22(26)20(23(33)36-4-2)32(18)12-13-9-10-17-15(11-13)19(25)21(37-17)14-7-5-6-8-16(14)31-38(34,35)24(27,28)29/h5-11,31H,3-4,12H2,1-2H3. The van der Waals surface area contributed by atoms with Gasteiger partial charge in [0.25, 0.3) is 0 Å². The van der Waals surface area contributed by atoms with Crippen LogP contribution in [0.3, 0.4) is 0 Å². The summed E-state index contributed by atoms with van der Waals surface area (Å²) >= 11 is 9.68. The molecule has 0 saturated carbocycles. The molecule has 14 heteroatoms. The van der Waals surface area contributed by atoms with Crippen LogP contribution in [0.1, 0.15) is 35.7 Å². The fraction of sp³-hybridized carbons (Fsp3) is 0.250. The number of ether oxygens (including phenoxy) is 1. The highest BCUT2D eigenvalue weighted by atomic mass is 79.9. The third kappa shape index (κ3) is 5.27. The topological polar surface area (TPSA) is 103 Å². The molecule has 0 unspecified atom stereocenters. The van der Waals surface area contributed by atoms with E-state index in [0.29, 0.717) is 27.7 Å². The number of rotatable bonds is 8. The Labute approximate surface area is 228 Å². The lowest BCUT2D eigenvalue weighted by Crippen LogP contribution is -2.30. The number of nitrogens with zero attached hydrogens (tertiary/aromatic N) is 2. The number of alkyl halides is 3. The number of nitrogens with one attached hydrogen (secondary N) is 1. The first kappa shape index (κ1) is 28.0. The Morgan fingerprint density at radius 1 is 1.21 bits per heavy atom. The van der Waals surface area contributed by atoms with Crippen molar-refractivity contribution in [3.05, 3.63) is 69.2 Å². The highest BCUT2D eigenvalue weighted by Crippen LogP contribution is 2.42. The second kappa shape index (κ2) is 10.6. The maximum absolute atomic E-state index is 13.0. The number of esters is 1. The van der Waals surface area contributed by atoms with Crippen molar-refractivity contribution >= 4 is 60.2 Å². The molecule has 8 nitrogen and oxygen atoms in total. The largest absolute Gasteiger partial charge is 0.516 e. The molecule has 0 bridgehead atoms. The van der Waals surface area contributed by atoms with Gasteiger partial charge in [-0.3, -0.25) is 4.72 Å². The number of aryl methyl sites for hydroxylation is 1. The van der Waals surface area contributed by atoms with E-state index in [1.165, 1.54) is 24.3 Å².